The van der Waals surface area contributed by atoms with Gasteiger partial charge in [-0.05, 0) is 24.6 Å². The fraction of sp³-hybridized carbons (Fsp3) is 0.417. The number of methoxy groups -OCH3 is 1. The summed E-state index contributed by atoms with van der Waals surface area (Å²) in [6, 6.07) is 3.68. The summed E-state index contributed by atoms with van der Waals surface area (Å²) in [7, 11) is 1.65. The summed E-state index contributed by atoms with van der Waals surface area (Å²) in [5.74, 6) is 0.661. The number of rotatable bonds is 6. The smallest absolute Gasteiger partial charge is 0.153 e. The Morgan fingerprint density at radius 3 is 2.75 bits per heavy atom. The van der Waals surface area contributed by atoms with Crippen molar-refractivity contribution in [1.29, 1.82) is 0 Å². The molecule has 3 nitrogen and oxygen atoms in total. The van der Waals surface area contributed by atoms with Gasteiger partial charge in [-0.3, -0.25) is 4.79 Å². The molecule has 88 valence electrons. The van der Waals surface area contributed by atoms with E-state index >= 15 is 0 Å². The van der Waals surface area contributed by atoms with E-state index in [2.05, 4.69) is 15.9 Å². The average molecular weight is 287 g/mol. The van der Waals surface area contributed by atoms with Crippen molar-refractivity contribution in [2.75, 3.05) is 20.3 Å². The van der Waals surface area contributed by atoms with Crippen LogP contribution >= 0.6 is 15.9 Å². The Hall–Kier alpha value is -0.870. The molecule has 1 rings (SSSR count). The number of benzene rings is 1. The van der Waals surface area contributed by atoms with Crippen LogP contribution < -0.4 is 4.74 Å². The summed E-state index contributed by atoms with van der Waals surface area (Å²) in [5.41, 5.74) is 1.53. The van der Waals surface area contributed by atoms with Crippen molar-refractivity contribution in [3.05, 3.63) is 27.7 Å². The molecule has 0 saturated heterocycles. The van der Waals surface area contributed by atoms with Gasteiger partial charge >= 0.3 is 0 Å². The summed E-state index contributed by atoms with van der Waals surface area (Å²) in [4.78, 5) is 10.9. The van der Waals surface area contributed by atoms with E-state index in [-0.39, 0.29) is 0 Å². The maximum atomic E-state index is 10.9. The van der Waals surface area contributed by atoms with Crippen LogP contribution in [0.2, 0.25) is 0 Å². The van der Waals surface area contributed by atoms with Crippen LogP contribution in [0, 0.1) is 6.92 Å². The highest BCUT2D eigenvalue weighted by atomic mass is 79.9. The van der Waals surface area contributed by atoms with E-state index in [1.807, 2.05) is 13.0 Å². The third kappa shape index (κ3) is 3.61. The van der Waals surface area contributed by atoms with Gasteiger partial charge in [0, 0.05) is 24.6 Å². The van der Waals surface area contributed by atoms with E-state index in [9.17, 15) is 4.79 Å². The average Bonchev–Trinajstić information content (AvgIpc) is 2.26. The van der Waals surface area contributed by atoms with Gasteiger partial charge < -0.3 is 9.47 Å². The number of aryl methyl sites for hydroxylation is 1. The maximum absolute atomic E-state index is 10.9. The molecule has 16 heavy (non-hydrogen) atoms. The molecule has 1 aromatic carbocycles. The number of carbonyl (C=O) groups is 1. The van der Waals surface area contributed by atoms with Crippen molar-refractivity contribution < 1.29 is 14.3 Å². The Kier molecular flexibility index (Phi) is 5.49. The van der Waals surface area contributed by atoms with Gasteiger partial charge in [-0.25, -0.2) is 0 Å². The highest BCUT2D eigenvalue weighted by Gasteiger charge is 2.08. The van der Waals surface area contributed by atoms with Crippen LogP contribution in [0.3, 0.4) is 0 Å². The van der Waals surface area contributed by atoms with Crippen molar-refractivity contribution >= 4 is 22.2 Å². The van der Waals surface area contributed by atoms with Crippen LogP contribution in [0.5, 0.6) is 5.75 Å². The molecule has 0 aliphatic heterocycles. The zero-order valence-electron chi connectivity index (χ0n) is 9.46. The van der Waals surface area contributed by atoms with Gasteiger partial charge in [-0.15, -0.1) is 0 Å². The number of ether oxygens (including phenoxy) is 2. The highest BCUT2D eigenvalue weighted by molar-refractivity contribution is 9.10. The molecule has 0 heterocycles. The van der Waals surface area contributed by atoms with Gasteiger partial charge in [0.2, 0.25) is 0 Å². The first kappa shape index (κ1) is 13.2. The second kappa shape index (κ2) is 6.66. The Bertz CT molecular complexity index is 364. The molecule has 0 aliphatic rings. The third-order valence-corrected chi connectivity index (χ3v) is 2.59. The minimum atomic E-state index is 0.553. The molecule has 0 spiro atoms. The summed E-state index contributed by atoms with van der Waals surface area (Å²) in [6.45, 7) is 3.13. The summed E-state index contributed by atoms with van der Waals surface area (Å²) in [5, 5.41) is 0. The van der Waals surface area contributed by atoms with Gasteiger partial charge in [-0.2, -0.15) is 0 Å². The van der Waals surface area contributed by atoms with Crippen LogP contribution in [0.4, 0.5) is 0 Å². The minimum absolute atomic E-state index is 0.553. The van der Waals surface area contributed by atoms with E-state index in [1.165, 1.54) is 0 Å². The number of carbonyl (C=O) groups excluding carboxylic acids is 1. The Morgan fingerprint density at radius 1 is 1.38 bits per heavy atom. The molecule has 0 unspecified atom stereocenters. The lowest BCUT2D eigenvalue weighted by atomic mass is 10.1. The van der Waals surface area contributed by atoms with Gasteiger partial charge in [0.05, 0.1) is 12.2 Å². The molecule has 0 atom stereocenters. The number of hydrogen-bond acceptors (Lipinski definition) is 3. The van der Waals surface area contributed by atoms with E-state index in [4.69, 9.17) is 9.47 Å². The van der Waals surface area contributed by atoms with E-state index in [0.29, 0.717) is 24.5 Å². The van der Waals surface area contributed by atoms with Crippen molar-refractivity contribution in [3.8, 4) is 5.75 Å². The van der Waals surface area contributed by atoms with Crippen molar-refractivity contribution in [2.24, 2.45) is 0 Å². The lowest BCUT2D eigenvalue weighted by Crippen LogP contribution is -2.04. The van der Waals surface area contributed by atoms with E-state index in [1.54, 1.807) is 13.2 Å². The second-order valence-electron chi connectivity index (χ2n) is 3.45. The molecule has 1 aromatic rings. The monoisotopic (exact) mass is 286 g/mol. The van der Waals surface area contributed by atoms with E-state index in [0.717, 1.165) is 22.7 Å². The van der Waals surface area contributed by atoms with Crippen molar-refractivity contribution in [2.45, 2.75) is 13.3 Å². The predicted octanol–water partition coefficient (Wildman–Crippen LogP) is 2.99. The van der Waals surface area contributed by atoms with Crippen molar-refractivity contribution in [1.82, 2.24) is 0 Å². The summed E-state index contributed by atoms with van der Waals surface area (Å²) >= 11 is 3.35. The quantitative estimate of drug-likeness (QED) is 0.596. The highest BCUT2D eigenvalue weighted by Crippen LogP contribution is 2.26. The maximum Gasteiger partial charge on any atom is 0.153 e. The van der Waals surface area contributed by atoms with Crippen LogP contribution in [0.25, 0.3) is 0 Å². The van der Waals surface area contributed by atoms with Gasteiger partial charge in [0.25, 0.3) is 0 Å². The molecule has 0 fully saturated rings. The summed E-state index contributed by atoms with van der Waals surface area (Å²) in [6.07, 6.45) is 1.62. The largest absolute Gasteiger partial charge is 0.492 e. The number of halogens is 1. The van der Waals surface area contributed by atoms with Crippen LogP contribution in [0.1, 0.15) is 22.3 Å². The Morgan fingerprint density at radius 2 is 2.12 bits per heavy atom. The summed E-state index contributed by atoms with van der Waals surface area (Å²) < 4.78 is 11.4. The third-order valence-electron chi connectivity index (χ3n) is 2.13. The number of aldehydes is 1. The molecule has 4 heteroatoms. The van der Waals surface area contributed by atoms with Gasteiger partial charge in [0.1, 0.15) is 5.75 Å². The first-order valence-corrected chi connectivity index (χ1v) is 5.85. The molecular formula is C12H15BrO3. The molecule has 0 amide bonds. The Balaban J connectivity index is 2.74. The fourth-order valence-electron chi connectivity index (χ4n) is 1.42. The molecular weight excluding hydrogens is 272 g/mol. The molecule has 0 bridgehead atoms. The molecule has 0 saturated carbocycles. The van der Waals surface area contributed by atoms with Crippen LogP contribution in [-0.4, -0.2) is 26.6 Å². The van der Waals surface area contributed by atoms with Gasteiger partial charge in [-0.1, -0.05) is 15.9 Å². The van der Waals surface area contributed by atoms with E-state index < -0.39 is 0 Å². The zero-order chi connectivity index (χ0) is 12.0. The second-order valence-corrected chi connectivity index (χ2v) is 4.37. The SMILES string of the molecule is COCCCOc1c(C)cc(Br)cc1C=O. The molecule has 0 aromatic heterocycles. The topological polar surface area (TPSA) is 35.5 Å². The van der Waals surface area contributed by atoms with Crippen molar-refractivity contribution in [3.63, 3.8) is 0 Å². The first-order valence-electron chi connectivity index (χ1n) is 5.06. The zero-order valence-corrected chi connectivity index (χ0v) is 11.0. The predicted molar refractivity (Wildman–Crippen MR) is 66.3 cm³/mol. The van der Waals surface area contributed by atoms with Crippen LogP contribution in [-0.2, 0) is 4.74 Å². The standard InChI is InChI=1S/C12H15BrO3/c1-9-6-11(13)7-10(8-14)12(9)16-5-3-4-15-2/h6-8H,3-5H2,1-2H3. The molecule has 0 aliphatic carbocycles. The van der Waals surface area contributed by atoms with Crippen LogP contribution in [0.15, 0.2) is 16.6 Å². The number of hydrogen-bond donors (Lipinski definition) is 0. The first-order chi connectivity index (χ1) is 7.69. The normalized spacial score (nSPS) is 10.2. The lowest BCUT2D eigenvalue weighted by molar-refractivity contribution is 0.111. The molecule has 0 radical (unpaired) electrons. The Labute approximate surface area is 104 Å². The fourth-order valence-corrected chi connectivity index (χ4v) is 2.01. The van der Waals surface area contributed by atoms with Gasteiger partial charge in [0.15, 0.2) is 6.29 Å². The minimum Gasteiger partial charge on any atom is -0.492 e. The molecule has 0 N–H and O–H groups in total. The lowest BCUT2D eigenvalue weighted by Gasteiger charge is -2.11.